The molecule has 1 saturated heterocycles. The number of carbonyl (C=O) groups is 1. The molecule has 3 heterocycles. The van der Waals surface area contributed by atoms with Crippen molar-refractivity contribution in [1.82, 2.24) is 15.2 Å². The first kappa shape index (κ1) is 18.2. The van der Waals surface area contributed by atoms with E-state index in [0.717, 1.165) is 45.6 Å². The predicted molar refractivity (Wildman–Crippen MR) is 110 cm³/mol. The summed E-state index contributed by atoms with van der Waals surface area (Å²) in [5, 5.41) is 5.65. The van der Waals surface area contributed by atoms with Crippen LogP contribution < -0.4 is 10.2 Å². The number of benzene rings is 1. The fraction of sp³-hybridized carbons (Fsp3) is 0.545. The summed E-state index contributed by atoms with van der Waals surface area (Å²) in [5.74, 6) is 0.156. The molecule has 27 heavy (non-hydrogen) atoms. The van der Waals surface area contributed by atoms with Gasteiger partial charge in [0.2, 0.25) is 5.91 Å². The molecule has 0 bridgehead atoms. The highest BCUT2D eigenvalue weighted by atomic mass is 16.1. The van der Waals surface area contributed by atoms with E-state index in [9.17, 15) is 4.79 Å². The molecule has 1 fully saturated rings. The molecule has 0 unspecified atom stereocenters. The maximum absolute atomic E-state index is 11.3. The maximum atomic E-state index is 11.3. The second-order valence-corrected chi connectivity index (χ2v) is 7.75. The van der Waals surface area contributed by atoms with Gasteiger partial charge in [-0.15, -0.1) is 0 Å². The molecule has 4 rings (SSSR count). The van der Waals surface area contributed by atoms with Crippen molar-refractivity contribution in [3.8, 4) is 0 Å². The van der Waals surface area contributed by atoms with Gasteiger partial charge in [0.25, 0.3) is 0 Å². The van der Waals surface area contributed by atoms with Crippen LogP contribution in [0.2, 0.25) is 0 Å². The largest absolute Gasteiger partial charge is 0.368 e. The quantitative estimate of drug-likeness (QED) is 0.799. The third-order valence-electron chi connectivity index (χ3n) is 6.06. The van der Waals surface area contributed by atoms with Gasteiger partial charge in [0, 0.05) is 67.5 Å². The zero-order valence-corrected chi connectivity index (χ0v) is 16.3. The lowest BCUT2D eigenvalue weighted by molar-refractivity contribution is -0.120. The summed E-state index contributed by atoms with van der Waals surface area (Å²) in [7, 11) is 0. The van der Waals surface area contributed by atoms with E-state index in [4.69, 9.17) is 0 Å². The standard InChI is InChI=1S/C22H30N4O/c1-2-21(27)24-10-4-11-25-12-8-19(9-13-25)26-14-7-18-16-23-15-17-5-3-6-20(26)22(17)18/h3,5-6,15-16,19H,2,4,7-14H2,1H3,(H,24,27). The van der Waals surface area contributed by atoms with Crippen LogP contribution in [0.5, 0.6) is 0 Å². The molecule has 0 radical (unpaired) electrons. The normalized spacial score (nSPS) is 18.0. The van der Waals surface area contributed by atoms with E-state index in [1.807, 2.05) is 19.3 Å². The van der Waals surface area contributed by atoms with Crippen molar-refractivity contribution < 1.29 is 4.79 Å². The summed E-state index contributed by atoms with van der Waals surface area (Å²) in [4.78, 5) is 20.9. The second kappa shape index (κ2) is 8.26. The fourth-order valence-corrected chi connectivity index (χ4v) is 4.57. The lowest BCUT2D eigenvalue weighted by Gasteiger charge is -2.42. The monoisotopic (exact) mass is 366 g/mol. The van der Waals surface area contributed by atoms with Crippen LogP contribution in [0.15, 0.2) is 30.6 Å². The van der Waals surface area contributed by atoms with Gasteiger partial charge in [-0.3, -0.25) is 9.78 Å². The SMILES string of the molecule is CCC(=O)NCCCN1CCC(N2CCc3cncc4cccc2c34)CC1. The number of aromatic nitrogens is 1. The highest BCUT2D eigenvalue weighted by Crippen LogP contribution is 2.36. The number of likely N-dealkylation sites (tertiary alicyclic amines) is 1. The number of hydrogen-bond acceptors (Lipinski definition) is 4. The second-order valence-electron chi connectivity index (χ2n) is 7.75. The van der Waals surface area contributed by atoms with E-state index in [2.05, 4.69) is 38.3 Å². The predicted octanol–water partition coefficient (Wildman–Crippen LogP) is 2.98. The Labute approximate surface area is 161 Å². The van der Waals surface area contributed by atoms with Crippen molar-refractivity contribution in [2.24, 2.45) is 0 Å². The molecule has 1 N–H and O–H groups in total. The number of amides is 1. The minimum atomic E-state index is 0.156. The first-order chi connectivity index (χ1) is 13.3. The van der Waals surface area contributed by atoms with Gasteiger partial charge >= 0.3 is 0 Å². The first-order valence-corrected chi connectivity index (χ1v) is 10.4. The molecule has 2 aliphatic heterocycles. The topological polar surface area (TPSA) is 48.5 Å². The summed E-state index contributed by atoms with van der Waals surface area (Å²) in [6.07, 6.45) is 9.19. The molecule has 0 saturated carbocycles. The Morgan fingerprint density at radius 3 is 2.89 bits per heavy atom. The Hall–Kier alpha value is -2.14. The highest BCUT2D eigenvalue weighted by molar-refractivity contribution is 5.97. The van der Waals surface area contributed by atoms with Gasteiger partial charge < -0.3 is 15.1 Å². The third kappa shape index (κ3) is 3.93. The minimum absolute atomic E-state index is 0.156. The van der Waals surface area contributed by atoms with Crippen LogP contribution in [0.3, 0.4) is 0 Å². The molecular formula is C22H30N4O. The van der Waals surface area contributed by atoms with Gasteiger partial charge in [0.1, 0.15) is 0 Å². The lowest BCUT2D eigenvalue weighted by Crippen LogP contribution is -2.47. The summed E-state index contributed by atoms with van der Waals surface area (Å²) >= 11 is 0. The van der Waals surface area contributed by atoms with Gasteiger partial charge in [0.15, 0.2) is 0 Å². The van der Waals surface area contributed by atoms with E-state index in [1.165, 1.54) is 34.9 Å². The van der Waals surface area contributed by atoms with Crippen LogP contribution in [0, 0.1) is 0 Å². The molecule has 2 aromatic rings. The number of piperidine rings is 1. The summed E-state index contributed by atoms with van der Waals surface area (Å²) < 4.78 is 0. The van der Waals surface area contributed by atoms with Crippen LogP contribution in [0.4, 0.5) is 5.69 Å². The number of rotatable bonds is 6. The maximum Gasteiger partial charge on any atom is 0.219 e. The highest BCUT2D eigenvalue weighted by Gasteiger charge is 2.28. The van der Waals surface area contributed by atoms with Gasteiger partial charge in [-0.05, 0) is 43.9 Å². The van der Waals surface area contributed by atoms with E-state index in [1.54, 1.807) is 0 Å². The van der Waals surface area contributed by atoms with Crippen LogP contribution >= 0.6 is 0 Å². The van der Waals surface area contributed by atoms with Crippen molar-refractivity contribution in [2.45, 2.75) is 45.1 Å². The van der Waals surface area contributed by atoms with E-state index in [-0.39, 0.29) is 5.91 Å². The van der Waals surface area contributed by atoms with Crippen molar-refractivity contribution >= 4 is 22.4 Å². The van der Waals surface area contributed by atoms with Crippen LogP contribution in [0.25, 0.3) is 10.8 Å². The number of pyridine rings is 1. The van der Waals surface area contributed by atoms with Crippen LogP contribution in [-0.2, 0) is 11.2 Å². The van der Waals surface area contributed by atoms with Gasteiger partial charge in [0.05, 0.1) is 0 Å². The summed E-state index contributed by atoms with van der Waals surface area (Å²) in [6, 6.07) is 7.27. The molecule has 5 heteroatoms. The molecule has 1 amide bonds. The lowest BCUT2D eigenvalue weighted by atomic mass is 9.94. The van der Waals surface area contributed by atoms with Crippen LogP contribution in [-0.4, -0.2) is 54.6 Å². The smallest absolute Gasteiger partial charge is 0.219 e. The van der Waals surface area contributed by atoms with Gasteiger partial charge in [-0.25, -0.2) is 0 Å². The van der Waals surface area contributed by atoms with Crippen molar-refractivity contribution in [3.63, 3.8) is 0 Å². The van der Waals surface area contributed by atoms with E-state index in [0.29, 0.717) is 12.5 Å². The summed E-state index contributed by atoms with van der Waals surface area (Å²) in [6.45, 7) is 7.19. The molecule has 1 aromatic carbocycles. The number of carbonyl (C=O) groups excluding carboxylic acids is 1. The zero-order chi connectivity index (χ0) is 18.6. The van der Waals surface area contributed by atoms with Gasteiger partial charge in [-0.2, -0.15) is 0 Å². The molecule has 0 aliphatic carbocycles. The van der Waals surface area contributed by atoms with E-state index < -0.39 is 0 Å². The average molecular weight is 367 g/mol. The Morgan fingerprint density at radius 2 is 2.07 bits per heavy atom. The number of nitrogens with one attached hydrogen (secondary N) is 1. The minimum Gasteiger partial charge on any atom is -0.368 e. The molecule has 5 nitrogen and oxygen atoms in total. The first-order valence-electron chi connectivity index (χ1n) is 10.4. The Balaban J connectivity index is 1.34. The molecule has 0 atom stereocenters. The van der Waals surface area contributed by atoms with Crippen molar-refractivity contribution in [1.29, 1.82) is 0 Å². The Morgan fingerprint density at radius 1 is 1.22 bits per heavy atom. The van der Waals surface area contributed by atoms with Crippen molar-refractivity contribution in [3.05, 3.63) is 36.2 Å². The number of hydrogen-bond donors (Lipinski definition) is 1. The molecule has 1 aromatic heterocycles. The fourth-order valence-electron chi connectivity index (χ4n) is 4.57. The third-order valence-corrected chi connectivity index (χ3v) is 6.06. The summed E-state index contributed by atoms with van der Waals surface area (Å²) in [5.41, 5.74) is 2.79. The number of nitrogens with zero attached hydrogens (tertiary/aromatic N) is 3. The Bertz CT molecular complexity index is 793. The van der Waals surface area contributed by atoms with Crippen molar-refractivity contribution in [2.75, 3.05) is 37.6 Å². The Kier molecular flexibility index (Phi) is 5.58. The van der Waals surface area contributed by atoms with E-state index >= 15 is 0 Å². The number of anilines is 1. The zero-order valence-electron chi connectivity index (χ0n) is 16.3. The van der Waals surface area contributed by atoms with Gasteiger partial charge in [-0.1, -0.05) is 19.1 Å². The van der Waals surface area contributed by atoms with Crippen LogP contribution in [0.1, 0.15) is 38.2 Å². The molecule has 0 spiro atoms. The molecule has 2 aliphatic rings. The molecule has 144 valence electrons. The average Bonchev–Trinajstić information content (AvgIpc) is 2.72. The molecular weight excluding hydrogens is 336 g/mol.